The maximum Gasteiger partial charge on any atom is 0.410 e. The topological polar surface area (TPSA) is 134 Å². The van der Waals surface area contributed by atoms with E-state index in [0.29, 0.717) is 0 Å². The van der Waals surface area contributed by atoms with Gasteiger partial charge in [-0.25, -0.2) is 9.59 Å². The van der Waals surface area contributed by atoms with E-state index < -0.39 is 30.2 Å². The molecule has 0 saturated carbocycles. The Kier molecular flexibility index (Phi) is 3.79. The molecule has 1 aromatic heterocycles. The summed E-state index contributed by atoms with van der Waals surface area (Å²) < 4.78 is 6.35. The first kappa shape index (κ1) is 13.5. The smallest absolute Gasteiger partial charge is 0.410 e. The highest BCUT2D eigenvalue weighted by molar-refractivity contribution is 5.81. The number of hydrogen-bond donors (Lipinski definition) is 4. The molecular formula is C10H13N3O6. The first-order valence-corrected chi connectivity index (χ1v) is 5.54. The van der Waals surface area contributed by atoms with Crippen molar-refractivity contribution >= 4 is 11.9 Å². The molecule has 1 aromatic rings. The normalized spacial score (nSPS) is 26.3. The van der Waals surface area contributed by atoms with Gasteiger partial charge in [0.15, 0.2) is 6.23 Å². The second kappa shape index (κ2) is 5.34. The summed E-state index contributed by atoms with van der Waals surface area (Å²) in [6, 6.07) is 1.28. The summed E-state index contributed by atoms with van der Waals surface area (Å²) in [5.74, 6) is -0.111. The highest BCUT2D eigenvalue weighted by Crippen LogP contribution is 2.27. The highest BCUT2D eigenvalue weighted by Gasteiger charge is 2.35. The van der Waals surface area contributed by atoms with Crippen molar-refractivity contribution in [2.45, 2.75) is 24.9 Å². The van der Waals surface area contributed by atoms with E-state index in [0.717, 1.165) is 4.57 Å². The fraction of sp³-hybridized carbons (Fsp3) is 0.500. The van der Waals surface area contributed by atoms with E-state index in [-0.39, 0.29) is 18.8 Å². The molecule has 2 heterocycles. The largest absolute Gasteiger partial charge is 0.465 e. The Balaban J connectivity index is 2.22. The van der Waals surface area contributed by atoms with Crippen LogP contribution in [-0.2, 0) is 4.74 Å². The maximum absolute atomic E-state index is 11.7. The molecule has 9 nitrogen and oxygen atoms in total. The summed E-state index contributed by atoms with van der Waals surface area (Å²) in [6.45, 7) is -0.256. The fourth-order valence-electron chi connectivity index (χ4n) is 1.88. The lowest BCUT2D eigenvalue weighted by atomic mass is 10.2. The van der Waals surface area contributed by atoms with Gasteiger partial charge in [0, 0.05) is 12.6 Å². The molecule has 1 aliphatic rings. The van der Waals surface area contributed by atoms with Gasteiger partial charge < -0.3 is 20.1 Å². The van der Waals surface area contributed by atoms with Crippen molar-refractivity contribution in [1.82, 2.24) is 9.55 Å². The van der Waals surface area contributed by atoms with Gasteiger partial charge in [-0.15, -0.1) is 0 Å². The van der Waals surface area contributed by atoms with Crippen LogP contribution in [0.5, 0.6) is 0 Å². The predicted octanol–water partition coefficient (Wildman–Crippen LogP) is -1.03. The van der Waals surface area contributed by atoms with Crippen LogP contribution in [0.25, 0.3) is 0 Å². The molecule has 2 rings (SSSR count). The average Bonchev–Trinajstić information content (AvgIpc) is 2.70. The SMILES string of the molecule is O=C(O)Nc1ccn([C@@H]2O[C@H](CO)C[C@@H]2O)c(=O)n1. The molecule has 0 unspecified atom stereocenters. The van der Waals surface area contributed by atoms with Gasteiger partial charge in [-0.3, -0.25) is 9.88 Å². The third-order valence-electron chi connectivity index (χ3n) is 2.71. The van der Waals surface area contributed by atoms with Crippen LogP contribution in [0.3, 0.4) is 0 Å². The Morgan fingerprint density at radius 3 is 2.89 bits per heavy atom. The molecule has 0 bridgehead atoms. The molecule has 3 atom stereocenters. The molecule has 0 spiro atoms. The monoisotopic (exact) mass is 271 g/mol. The summed E-state index contributed by atoms with van der Waals surface area (Å²) in [7, 11) is 0. The summed E-state index contributed by atoms with van der Waals surface area (Å²) in [4.78, 5) is 25.6. The second-order valence-electron chi connectivity index (χ2n) is 4.07. The van der Waals surface area contributed by atoms with Crippen molar-refractivity contribution in [3.05, 3.63) is 22.7 Å². The van der Waals surface area contributed by atoms with E-state index in [1.807, 2.05) is 5.32 Å². The Morgan fingerprint density at radius 1 is 1.63 bits per heavy atom. The molecule has 0 aromatic carbocycles. The third-order valence-corrected chi connectivity index (χ3v) is 2.71. The van der Waals surface area contributed by atoms with E-state index in [9.17, 15) is 14.7 Å². The molecule has 19 heavy (non-hydrogen) atoms. The first-order valence-electron chi connectivity index (χ1n) is 5.54. The minimum absolute atomic E-state index is 0.111. The quantitative estimate of drug-likeness (QED) is 0.552. The van der Waals surface area contributed by atoms with Gasteiger partial charge in [0.05, 0.1) is 12.7 Å². The molecule has 1 saturated heterocycles. The zero-order chi connectivity index (χ0) is 14.0. The van der Waals surface area contributed by atoms with Crippen molar-refractivity contribution in [2.24, 2.45) is 0 Å². The van der Waals surface area contributed by atoms with Crippen molar-refractivity contribution < 1.29 is 24.9 Å². The molecule has 1 amide bonds. The van der Waals surface area contributed by atoms with E-state index in [4.69, 9.17) is 14.9 Å². The highest BCUT2D eigenvalue weighted by atomic mass is 16.5. The van der Waals surface area contributed by atoms with Crippen LogP contribution < -0.4 is 11.0 Å². The van der Waals surface area contributed by atoms with Gasteiger partial charge in [-0.05, 0) is 6.07 Å². The molecule has 1 fully saturated rings. The number of amides is 1. The number of hydrogen-bond acceptors (Lipinski definition) is 6. The van der Waals surface area contributed by atoms with Crippen LogP contribution >= 0.6 is 0 Å². The van der Waals surface area contributed by atoms with Crippen molar-refractivity contribution in [2.75, 3.05) is 11.9 Å². The van der Waals surface area contributed by atoms with Crippen LogP contribution in [0.1, 0.15) is 12.6 Å². The standard InChI is InChI=1S/C10H13N3O6/c14-4-5-3-6(15)8(19-5)13-2-1-7(11-9(13)16)12-10(17)18/h1-2,5-6,8,14-15H,3-4H2,(H,17,18)(H,11,12,16)/t5-,6-,8+/m0/s1. The lowest BCUT2D eigenvalue weighted by molar-refractivity contribution is -0.0529. The number of nitrogens with one attached hydrogen (secondary N) is 1. The minimum atomic E-state index is -1.33. The third kappa shape index (κ3) is 2.89. The Labute approximate surface area is 107 Å². The van der Waals surface area contributed by atoms with Gasteiger partial charge in [-0.2, -0.15) is 4.98 Å². The van der Waals surface area contributed by atoms with Crippen LogP contribution in [-0.4, -0.2) is 49.8 Å². The van der Waals surface area contributed by atoms with E-state index in [1.165, 1.54) is 12.3 Å². The Hall–Kier alpha value is -1.97. The van der Waals surface area contributed by atoms with E-state index >= 15 is 0 Å². The number of aromatic nitrogens is 2. The number of rotatable bonds is 3. The molecule has 1 aliphatic heterocycles. The Morgan fingerprint density at radius 2 is 2.37 bits per heavy atom. The number of carbonyl (C=O) groups is 1. The van der Waals surface area contributed by atoms with Crippen molar-refractivity contribution in [3.8, 4) is 0 Å². The zero-order valence-electron chi connectivity index (χ0n) is 9.76. The second-order valence-corrected chi connectivity index (χ2v) is 4.07. The van der Waals surface area contributed by atoms with Gasteiger partial charge in [0.2, 0.25) is 0 Å². The molecule has 0 radical (unpaired) electrons. The van der Waals surface area contributed by atoms with Crippen molar-refractivity contribution in [3.63, 3.8) is 0 Å². The van der Waals surface area contributed by atoms with Gasteiger partial charge in [0.25, 0.3) is 0 Å². The summed E-state index contributed by atoms with van der Waals surface area (Å²) >= 11 is 0. The lowest BCUT2D eigenvalue weighted by Gasteiger charge is -2.17. The van der Waals surface area contributed by atoms with Crippen LogP contribution in [0.4, 0.5) is 10.6 Å². The summed E-state index contributed by atoms with van der Waals surface area (Å²) in [6.07, 6.45) is -2.26. The Bertz CT molecular complexity index is 530. The van der Waals surface area contributed by atoms with Crippen molar-refractivity contribution in [1.29, 1.82) is 0 Å². The maximum atomic E-state index is 11.7. The van der Waals surface area contributed by atoms with Crippen LogP contribution in [0.2, 0.25) is 0 Å². The number of anilines is 1. The van der Waals surface area contributed by atoms with E-state index in [1.54, 1.807) is 0 Å². The molecular weight excluding hydrogens is 258 g/mol. The number of carboxylic acid groups (broad SMARTS) is 1. The fourth-order valence-corrected chi connectivity index (χ4v) is 1.88. The molecule has 104 valence electrons. The zero-order valence-corrected chi connectivity index (χ0v) is 9.76. The molecule has 0 aliphatic carbocycles. The number of aliphatic hydroxyl groups excluding tert-OH is 2. The van der Waals surface area contributed by atoms with Crippen LogP contribution in [0, 0.1) is 0 Å². The van der Waals surface area contributed by atoms with Gasteiger partial charge >= 0.3 is 11.8 Å². The molecule has 4 N–H and O–H groups in total. The number of ether oxygens (including phenoxy) is 1. The minimum Gasteiger partial charge on any atom is -0.465 e. The number of nitrogens with zero attached hydrogens (tertiary/aromatic N) is 2. The summed E-state index contributed by atoms with van der Waals surface area (Å²) in [5.41, 5.74) is -0.756. The van der Waals surface area contributed by atoms with Crippen LogP contribution in [0.15, 0.2) is 17.1 Å². The lowest BCUT2D eigenvalue weighted by Crippen LogP contribution is -2.32. The van der Waals surface area contributed by atoms with E-state index in [2.05, 4.69) is 4.98 Å². The first-order chi connectivity index (χ1) is 9.01. The van der Waals surface area contributed by atoms with Gasteiger partial charge in [-0.1, -0.05) is 0 Å². The average molecular weight is 271 g/mol. The molecule has 9 heteroatoms. The summed E-state index contributed by atoms with van der Waals surface area (Å²) in [5, 5.41) is 29.1. The number of aliphatic hydroxyl groups is 2. The predicted molar refractivity (Wildman–Crippen MR) is 61.8 cm³/mol. The van der Waals surface area contributed by atoms with Gasteiger partial charge in [0.1, 0.15) is 11.9 Å².